The number of nitrogens with zero attached hydrogens (tertiary/aromatic N) is 1. The smallest absolute Gasteiger partial charge is 0.250 e. The summed E-state index contributed by atoms with van der Waals surface area (Å²) in [7, 11) is -3.56. The number of benzene rings is 2. The van der Waals surface area contributed by atoms with Crippen molar-refractivity contribution >= 4 is 54.9 Å². The Morgan fingerprint density at radius 1 is 1.15 bits per heavy atom. The van der Waals surface area contributed by atoms with Crippen LogP contribution in [0.15, 0.2) is 52.9 Å². The number of carbonyl (C=O) groups excluding carboxylic acids is 1. The van der Waals surface area contributed by atoms with Crippen molar-refractivity contribution in [3.63, 3.8) is 0 Å². The van der Waals surface area contributed by atoms with Crippen molar-refractivity contribution in [3.05, 3.63) is 54.1 Å². The topological polar surface area (TPSA) is 102 Å². The van der Waals surface area contributed by atoms with Crippen LogP contribution in [0.4, 0.5) is 5.69 Å². The Morgan fingerprint density at radius 2 is 1.88 bits per heavy atom. The number of fused-ring (bicyclic) bond motifs is 1. The molecule has 0 fully saturated rings. The van der Waals surface area contributed by atoms with Crippen LogP contribution in [-0.4, -0.2) is 30.8 Å². The van der Waals surface area contributed by atoms with Gasteiger partial charge in [0.05, 0.1) is 27.2 Å². The zero-order chi connectivity index (χ0) is 18.6. The Bertz CT molecular complexity index is 999. The molecule has 0 saturated carbocycles. The highest BCUT2D eigenvalue weighted by Gasteiger charge is 2.15. The number of carbonyl (C=O) groups is 1. The third kappa shape index (κ3) is 4.75. The maximum atomic E-state index is 12.2. The van der Waals surface area contributed by atoms with E-state index in [-0.39, 0.29) is 17.0 Å². The molecular formula is C17H17N3O3S3. The summed E-state index contributed by atoms with van der Waals surface area (Å²) in [5, 5.41) is 0. The van der Waals surface area contributed by atoms with Crippen LogP contribution in [0.2, 0.25) is 0 Å². The van der Waals surface area contributed by atoms with Crippen molar-refractivity contribution in [1.29, 1.82) is 0 Å². The Labute approximate surface area is 159 Å². The Hall–Kier alpha value is -2.10. The van der Waals surface area contributed by atoms with Crippen molar-refractivity contribution in [2.45, 2.75) is 10.8 Å². The molecule has 6 nitrogen and oxygen atoms in total. The van der Waals surface area contributed by atoms with Crippen LogP contribution < -0.4 is 10.5 Å². The molecule has 26 heavy (non-hydrogen) atoms. The average molecular weight is 408 g/mol. The molecule has 1 heterocycles. The fraction of sp³-hybridized carbons (Fsp3) is 0.176. The van der Waals surface area contributed by atoms with E-state index in [9.17, 15) is 13.2 Å². The van der Waals surface area contributed by atoms with Gasteiger partial charge < -0.3 is 5.73 Å². The molecule has 0 bridgehead atoms. The van der Waals surface area contributed by atoms with Gasteiger partial charge in [-0.05, 0) is 30.7 Å². The molecule has 3 aromatic rings. The van der Waals surface area contributed by atoms with Crippen LogP contribution >= 0.6 is 23.1 Å². The maximum absolute atomic E-state index is 12.2. The molecule has 3 rings (SSSR count). The number of para-hydroxylation sites is 2. The van der Waals surface area contributed by atoms with Crippen molar-refractivity contribution in [3.8, 4) is 0 Å². The number of rotatable bonds is 8. The lowest BCUT2D eigenvalue weighted by Crippen LogP contribution is -2.20. The van der Waals surface area contributed by atoms with Gasteiger partial charge in [-0.2, -0.15) is 0 Å². The highest BCUT2D eigenvalue weighted by Crippen LogP contribution is 2.29. The van der Waals surface area contributed by atoms with E-state index >= 15 is 0 Å². The van der Waals surface area contributed by atoms with Crippen LogP contribution in [0.1, 0.15) is 16.8 Å². The maximum Gasteiger partial charge on any atom is 0.250 e. The lowest BCUT2D eigenvalue weighted by Gasteiger charge is -2.10. The first-order valence-corrected chi connectivity index (χ1v) is 11.3. The molecule has 0 spiro atoms. The summed E-state index contributed by atoms with van der Waals surface area (Å²) < 4.78 is 29.0. The number of nitrogens with one attached hydrogen (secondary N) is 1. The van der Waals surface area contributed by atoms with Gasteiger partial charge in [-0.25, -0.2) is 13.4 Å². The first kappa shape index (κ1) is 18.7. The molecule has 0 atom stereocenters. The van der Waals surface area contributed by atoms with Crippen LogP contribution in [-0.2, 0) is 10.0 Å². The molecule has 0 aliphatic rings. The lowest BCUT2D eigenvalue weighted by atomic mass is 10.2. The van der Waals surface area contributed by atoms with Gasteiger partial charge in [0.15, 0.2) is 4.34 Å². The van der Waals surface area contributed by atoms with Gasteiger partial charge in [-0.15, -0.1) is 11.3 Å². The summed E-state index contributed by atoms with van der Waals surface area (Å²) in [6.45, 7) is 0. The normalized spacial score (nSPS) is 11.5. The van der Waals surface area contributed by atoms with E-state index in [0.29, 0.717) is 12.2 Å². The second kappa shape index (κ2) is 8.07. The summed E-state index contributed by atoms with van der Waals surface area (Å²) in [5.74, 6) is -0.0781. The van der Waals surface area contributed by atoms with E-state index in [0.717, 1.165) is 14.6 Å². The van der Waals surface area contributed by atoms with E-state index in [1.807, 2.05) is 24.3 Å². The highest BCUT2D eigenvalue weighted by molar-refractivity contribution is 8.01. The minimum atomic E-state index is -3.56. The molecule has 9 heteroatoms. The van der Waals surface area contributed by atoms with Gasteiger partial charge in [-0.1, -0.05) is 36.0 Å². The zero-order valence-electron chi connectivity index (χ0n) is 13.7. The minimum absolute atomic E-state index is 0.0437. The van der Waals surface area contributed by atoms with Crippen LogP contribution in [0, 0.1) is 0 Å². The van der Waals surface area contributed by atoms with Gasteiger partial charge in [0.2, 0.25) is 10.0 Å². The first-order valence-electron chi connectivity index (χ1n) is 7.82. The number of anilines is 1. The predicted octanol–water partition coefficient (Wildman–Crippen LogP) is 3.32. The van der Waals surface area contributed by atoms with Crippen molar-refractivity contribution in [1.82, 2.24) is 4.98 Å². The molecule has 1 aromatic heterocycles. The number of thiazole rings is 1. The van der Waals surface area contributed by atoms with Crippen molar-refractivity contribution in [2.24, 2.45) is 5.73 Å². The largest absolute Gasteiger partial charge is 0.366 e. The minimum Gasteiger partial charge on any atom is -0.366 e. The molecule has 136 valence electrons. The quantitative estimate of drug-likeness (QED) is 0.440. The third-order valence-corrected chi connectivity index (χ3v) is 7.14. The Morgan fingerprint density at radius 3 is 2.65 bits per heavy atom. The molecule has 0 radical (unpaired) electrons. The molecule has 0 aliphatic heterocycles. The summed E-state index contributed by atoms with van der Waals surface area (Å²) in [5.41, 5.74) is 6.58. The summed E-state index contributed by atoms with van der Waals surface area (Å²) in [6.07, 6.45) is 0.467. The number of amides is 1. The molecule has 0 saturated heterocycles. The molecular weight excluding hydrogens is 390 g/mol. The van der Waals surface area contributed by atoms with E-state index in [1.54, 1.807) is 35.2 Å². The standard InChI is InChI=1S/C17H17N3O3S3/c18-16(21)12-6-1-2-7-13(12)20-26(22,23)11-5-10-24-17-19-14-8-3-4-9-15(14)25-17/h1-4,6-9,20H,5,10-11H2,(H2,18,21). The van der Waals surface area contributed by atoms with E-state index in [1.165, 1.54) is 12.1 Å². The van der Waals surface area contributed by atoms with Crippen molar-refractivity contribution < 1.29 is 13.2 Å². The SMILES string of the molecule is NC(=O)c1ccccc1NS(=O)(=O)CCCSc1nc2ccccc2s1. The number of sulfonamides is 1. The Kier molecular flexibility index (Phi) is 5.80. The average Bonchev–Trinajstić information content (AvgIpc) is 3.01. The molecule has 2 aromatic carbocycles. The monoisotopic (exact) mass is 407 g/mol. The van der Waals surface area contributed by atoms with Crippen LogP contribution in [0.25, 0.3) is 10.2 Å². The summed E-state index contributed by atoms with van der Waals surface area (Å²) in [4.78, 5) is 15.9. The van der Waals surface area contributed by atoms with Gasteiger partial charge >= 0.3 is 0 Å². The fourth-order valence-corrected chi connectivity index (χ4v) is 5.73. The van der Waals surface area contributed by atoms with Gasteiger partial charge in [0, 0.05) is 5.75 Å². The number of hydrogen-bond acceptors (Lipinski definition) is 6. The first-order chi connectivity index (χ1) is 12.4. The van der Waals surface area contributed by atoms with Crippen LogP contribution in [0.5, 0.6) is 0 Å². The zero-order valence-corrected chi connectivity index (χ0v) is 16.2. The van der Waals surface area contributed by atoms with Gasteiger partial charge in [0.25, 0.3) is 5.91 Å². The number of nitrogens with two attached hydrogens (primary N) is 1. The second-order valence-corrected chi connectivity index (χ2v) is 9.69. The molecule has 1 amide bonds. The lowest BCUT2D eigenvalue weighted by molar-refractivity contribution is 0.100. The summed E-state index contributed by atoms with van der Waals surface area (Å²) in [6, 6.07) is 14.2. The number of aromatic nitrogens is 1. The van der Waals surface area contributed by atoms with Gasteiger partial charge in [-0.3, -0.25) is 9.52 Å². The van der Waals surface area contributed by atoms with E-state index in [2.05, 4.69) is 9.71 Å². The molecule has 3 N–H and O–H groups in total. The molecule has 0 unspecified atom stereocenters. The van der Waals surface area contributed by atoms with E-state index < -0.39 is 15.9 Å². The fourth-order valence-electron chi connectivity index (χ4n) is 2.33. The third-order valence-electron chi connectivity index (χ3n) is 3.52. The van der Waals surface area contributed by atoms with E-state index in [4.69, 9.17) is 5.73 Å². The highest BCUT2D eigenvalue weighted by atomic mass is 32.2. The molecule has 0 aliphatic carbocycles. The predicted molar refractivity (Wildman–Crippen MR) is 107 cm³/mol. The summed E-state index contributed by atoms with van der Waals surface area (Å²) >= 11 is 3.14. The Balaban J connectivity index is 1.54. The second-order valence-electron chi connectivity index (χ2n) is 5.48. The number of thioether (sulfide) groups is 1. The van der Waals surface area contributed by atoms with Crippen molar-refractivity contribution in [2.75, 3.05) is 16.2 Å². The van der Waals surface area contributed by atoms with Gasteiger partial charge in [0.1, 0.15) is 0 Å². The number of hydrogen-bond donors (Lipinski definition) is 2. The number of primary amides is 1. The van der Waals surface area contributed by atoms with Crippen LogP contribution in [0.3, 0.4) is 0 Å².